The summed E-state index contributed by atoms with van der Waals surface area (Å²) in [6, 6.07) is 16.6. The summed E-state index contributed by atoms with van der Waals surface area (Å²) in [6.07, 6.45) is -6.67. The van der Waals surface area contributed by atoms with E-state index in [9.17, 15) is 60.0 Å². The highest BCUT2D eigenvalue weighted by molar-refractivity contribution is 5.89. The maximum absolute atomic E-state index is 13.9. The van der Waals surface area contributed by atoms with Crippen molar-refractivity contribution in [2.75, 3.05) is 48.3 Å². The molecule has 0 spiro atoms. The van der Waals surface area contributed by atoms with Crippen LogP contribution in [0.1, 0.15) is 22.3 Å². The second kappa shape index (κ2) is 25.7. The lowest BCUT2D eigenvalue weighted by Crippen LogP contribution is -2.64. The average molecular weight is 1050 g/mol. The van der Waals surface area contributed by atoms with Crippen molar-refractivity contribution in [3.05, 3.63) is 119 Å². The Balaban J connectivity index is 1.35. The molecule has 2 saturated heterocycles. The van der Waals surface area contributed by atoms with Crippen LogP contribution in [0.2, 0.25) is 0 Å². The number of aliphatic hydroxyl groups is 4. The van der Waals surface area contributed by atoms with Crippen LogP contribution in [-0.2, 0) is 52.3 Å². The van der Waals surface area contributed by atoms with Crippen LogP contribution >= 0.6 is 0 Å². The monoisotopic (exact) mass is 1050 g/mol. The zero-order chi connectivity index (χ0) is 54.4. The van der Waals surface area contributed by atoms with Crippen LogP contribution in [-0.4, -0.2) is 168 Å². The normalized spacial score (nSPS) is 23.6. The number of hydrogen-bond donors (Lipinski definition) is 8. The van der Waals surface area contributed by atoms with Crippen LogP contribution in [0, 0.1) is 0 Å². The molecule has 6 rings (SSSR count). The average Bonchev–Trinajstić information content (AvgIpc) is 3.69. The van der Waals surface area contributed by atoms with Gasteiger partial charge in [-0.2, -0.15) is 0 Å². The summed E-state index contributed by atoms with van der Waals surface area (Å²) >= 11 is 0. The minimum Gasteiger partial charge on any atom is -0.504 e. The van der Waals surface area contributed by atoms with Gasteiger partial charge in [-0.25, -0.2) is 19.2 Å². The zero-order valence-electron chi connectivity index (χ0n) is 40.5. The molecule has 0 unspecified atom stereocenters. The van der Waals surface area contributed by atoms with Crippen LogP contribution < -0.4 is 18.9 Å². The highest BCUT2D eigenvalue weighted by Gasteiger charge is 2.63. The number of methoxy groups -OCH3 is 4. The Kier molecular flexibility index (Phi) is 19.2. The third kappa shape index (κ3) is 14.1. The molecule has 4 aromatic carbocycles. The maximum atomic E-state index is 13.9. The summed E-state index contributed by atoms with van der Waals surface area (Å²) in [5.74, 6) is -7.69. The fourth-order valence-corrected chi connectivity index (χ4v) is 7.58. The Bertz CT molecular complexity index is 2790. The summed E-state index contributed by atoms with van der Waals surface area (Å²) < 4.78 is 61.2. The lowest BCUT2D eigenvalue weighted by molar-refractivity contribution is -0.383. The summed E-state index contributed by atoms with van der Waals surface area (Å²) in [7, 11) is 5.26. The lowest BCUT2D eigenvalue weighted by atomic mass is 9.98. The first-order valence-corrected chi connectivity index (χ1v) is 22.5. The molecule has 0 aromatic heterocycles. The highest BCUT2D eigenvalue weighted by atomic mass is 16.8. The highest BCUT2D eigenvalue weighted by Crippen LogP contribution is 2.41. The molecule has 75 heavy (non-hydrogen) atoms. The number of phenolic OH excluding ortho intramolecular Hbond substituents is 4. The van der Waals surface area contributed by atoms with Crippen molar-refractivity contribution in [3.63, 3.8) is 0 Å². The molecule has 0 aliphatic carbocycles. The second-order valence-corrected chi connectivity index (χ2v) is 16.3. The van der Waals surface area contributed by atoms with Crippen molar-refractivity contribution in [1.82, 2.24) is 0 Å². The third-order valence-electron chi connectivity index (χ3n) is 11.4. The van der Waals surface area contributed by atoms with E-state index >= 15 is 0 Å². The molecule has 2 fully saturated rings. The van der Waals surface area contributed by atoms with E-state index in [-0.39, 0.29) is 46.0 Å². The van der Waals surface area contributed by atoms with Crippen LogP contribution in [0.3, 0.4) is 0 Å². The number of esters is 4. The zero-order valence-corrected chi connectivity index (χ0v) is 40.5. The molecule has 0 saturated carbocycles. The van der Waals surface area contributed by atoms with Crippen molar-refractivity contribution < 1.29 is 112 Å². The van der Waals surface area contributed by atoms with Crippen molar-refractivity contribution >= 4 is 48.2 Å². The molecule has 0 bridgehead atoms. The Hall–Kier alpha value is -8.16. The van der Waals surface area contributed by atoms with Gasteiger partial charge in [0.2, 0.25) is 5.79 Å². The van der Waals surface area contributed by atoms with Gasteiger partial charge < -0.3 is 93.0 Å². The summed E-state index contributed by atoms with van der Waals surface area (Å²) in [6.45, 7) is -3.12. The Morgan fingerprint density at radius 3 is 1.31 bits per heavy atom. The maximum Gasteiger partial charge on any atom is 0.331 e. The van der Waals surface area contributed by atoms with Crippen LogP contribution in [0.25, 0.3) is 24.3 Å². The van der Waals surface area contributed by atoms with Gasteiger partial charge >= 0.3 is 23.9 Å². The van der Waals surface area contributed by atoms with Gasteiger partial charge in [0, 0.05) is 24.3 Å². The van der Waals surface area contributed by atoms with E-state index in [2.05, 4.69) is 0 Å². The predicted molar refractivity (Wildman–Crippen MR) is 259 cm³/mol. The fraction of sp³-hybridized carbons (Fsp3) is 0.308. The van der Waals surface area contributed by atoms with Crippen LogP contribution in [0.4, 0.5) is 0 Å². The Labute approximate surface area is 427 Å². The summed E-state index contributed by atoms with van der Waals surface area (Å²) in [4.78, 5) is 54.0. The van der Waals surface area contributed by atoms with Gasteiger partial charge in [0.05, 0.1) is 35.0 Å². The van der Waals surface area contributed by atoms with Gasteiger partial charge in [0.15, 0.2) is 70.6 Å². The molecule has 23 heteroatoms. The van der Waals surface area contributed by atoms with Gasteiger partial charge in [-0.3, -0.25) is 0 Å². The number of hydrogen-bond acceptors (Lipinski definition) is 23. The SMILES string of the molecule is COc1cc(/C=C/C(=O)OC[C@H]2O[C@@](CO)(O[C@H]3O[C@H](CO)[C@@H](O)[C@H](OC(=O)/C=C/c4ccc(O)c(OC)c4)[C@H]3O)[C@@H](OC(=O)/C=C/c3ccc(O)c(OC)c3)[C@@H]2OC(=O)/C=C/c2ccc(O)c(OC)c2)ccc1O. The van der Waals surface area contributed by atoms with Gasteiger partial charge in [-0.05, 0) is 95.1 Å². The molecule has 0 radical (unpaired) electrons. The largest absolute Gasteiger partial charge is 0.504 e. The number of rotatable bonds is 21. The minimum absolute atomic E-state index is 0.0542. The van der Waals surface area contributed by atoms with E-state index in [1.54, 1.807) is 0 Å². The van der Waals surface area contributed by atoms with Crippen molar-refractivity contribution in [3.8, 4) is 46.0 Å². The number of aliphatic hydroxyl groups excluding tert-OH is 4. The van der Waals surface area contributed by atoms with E-state index < -0.39 is 98.5 Å². The van der Waals surface area contributed by atoms with Gasteiger partial charge in [-0.15, -0.1) is 0 Å². The molecular formula is C52H54O23. The van der Waals surface area contributed by atoms with E-state index in [1.807, 2.05) is 0 Å². The summed E-state index contributed by atoms with van der Waals surface area (Å²) in [5.41, 5.74) is 1.43. The molecule has 8 N–H and O–H groups in total. The lowest BCUT2D eigenvalue weighted by Gasteiger charge is -2.44. The van der Waals surface area contributed by atoms with Gasteiger partial charge in [-0.1, -0.05) is 24.3 Å². The molecule has 2 aliphatic rings. The minimum atomic E-state index is -2.78. The van der Waals surface area contributed by atoms with E-state index in [4.69, 9.17) is 52.1 Å². The molecule has 2 aliphatic heterocycles. The van der Waals surface area contributed by atoms with E-state index in [0.717, 1.165) is 24.3 Å². The van der Waals surface area contributed by atoms with Crippen LogP contribution in [0.15, 0.2) is 97.1 Å². The smallest absolute Gasteiger partial charge is 0.331 e. The molecule has 23 nitrogen and oxygen atoms in total. The van der Waals surface area contributed by atoms with Crippen LogP contribution in [0.5, 0.6) is 46.0 Å². The molecular weight excluding hydrogens is 993 g/mol. The topological polar surface area (TPSA) is 332 Å². The Morgan fingerprint density at radius 2 is 0.920 bits per heavy atom. The van der Waals surface area contributed by atoms with Crippen molar-refractivity contribution in [1.29, 1.82) is 0 Å². The first-order valence-electron chi connectivity index (χ1n) is 22.5. The number of aromatic hydroxyl groups is 4. The fourth-order valence-electron chi connectivity index (χ4n) is 7.58. The molecule has 0 amide bonds. The number of carbonyl (C=O) groups is 4. The summed E-state index contributed by atoms with van der Waals surface area (Å²) in [5, 5.41) is 84.6. The number of ether oxygens (including phenoxy) is 11. The molecule has 4 aromatic rings. The van der Waals surface area contributed by atoms with Gasteiger partial charge in [0.25, 0.3) is 0 Å². The number of phenols is 4. The molecule has 400 valence electrons. The van der Waals surface area contributed by atoms with E-state index in [0.29, 0.717) is 22.3 Å². The quantitative estimate of drug-likeness (QED) is 0.0338. The standard InChI is InChI=1S/C52H54O23/c1-65-36-21-28(5-13-32(36)55)9-17-42(59)69-26-41-48(71-43(60)18-10-29-6-14-33(56)37(22-29)66-2)50(73-45(62)20-12-31-8-16-35(58)39(24-31)68-4)52(27-54,74-41)75-51-47(64)49(46(63)40(25-53)70-51)72-44(61)19-11-30-7-15-34(57)38(23-30)67-3/h5-24,40-41,46-51,53-58,63-64H,25-27H2,1-4H3/b17-9+,18-10+,19-11+,20-12+/t40-,41-,46-,47-,48-,49+,50+,51-,52+/m1/s1. The second-order valence-electron chi connectivity index (χ2n) is 16.3. The number of carbonyl (C=O) groups excluding carboxylic acids is 4. The first-order chi connectivity index (χ1) is 35.9. The van der Waals surface area contributed by atoms with Crippen molar-refractivity contribution in [2.24, 2.45) is 0 Å². The third-order valence-corrected chi connectivity index (χ3v) is 11.4. The first kappa shape index (κ1) is 56.1. The molecule has 2 heterocycles. The predicted octanol–water partition coefficient (Wildman–Crippen LogP) is 2.52. The Morgan fingerprint density at radius 1 is 0.533 bits per heavy atom. The van der Waals surface area contributed by atoms with Gasteiger partial charge in [0.1, 0.15) is 37.6 Å². The number of benzene rings is 4. The molecule has 9 atom stereocenters. The van der Waals surface area contributed by atoms with Crippen molar-refractivity contribution in [2.45, 2.75) is 54.8 Å². The van der Waals surface area contributed by atoms with E-state index in [1.165, 1.54) is 126 Å².